The molecule has 6 nitrogen and oxygen atoms in total. The average Bonchev–Trinajstić information content (AvgIpc) is 3.29. The zero-order valence-electron chi connectivity index (χ0n) is 20.6. The second-order valence-corrected chi connectivity index (χ2v) is 8.68. The van der Waals surface area contributed by atoms with E-state index < -0.39 is 0 Å². The molecule has 0 N–H and O–H groups in total. The number of hydrogen-bond acceptors (Lipinski definition) is 5. The van der Waals surface area contributed by atoms with Crippen LogP contribution in [0.25, 0.3) is 27.7 Å². The smallest absolute Gasteiger partial charge is 0.247 e. The van der Waals surface area contributed by atoms with Crippen LogP contribution in [0.2, 0.25) is 0 Å². The van der Waals surface area contributed by atoms with Gasteiger partial charge in [0, 0.05) is 46.8 Å². The highest BCUT2D eigenvalue weighted by molar-refractivity contribution is 6.01. The monoisotopic (exact) mass is 463 g/mol. The standard InChI is InChI=1S/C28H33NO5/c1-6-19-9-7-8-12-29(19)28(30)13-18(2)21-15-23-24(17-34-27(23)16-26(21)33-5)22-14-20(31-3)10-11-25(22)32-4/h10-11,13-17,19H,6-9,12H2,1-5H3/b18-13+. The molecule has 1 atom stereocenters. The van der Waals surface area contributed by atoms with Crippen LogP contribution in [0.1, 0.15) is 45.1 Å². The number of piperidine rings is 1. The second kappa shape index (κ2) is 10.2. The zero-order chi connectivity index (χ0) is 24.2. The van der Waals surface area contributed by atoms with E-state index in [2.05, 4.69) is 6.92 Å². The minimum Gasteiger partial charge on any atom is -0.497 e. The van der Waals surface area contributed by atoms with E-state index in [1.165, 1.54) is 6.42 Å². The van der Waals surface area contributed by atoms with Crippen molar-refractivity contribution in [2.24, 2.45) is 0 Å². The number of likely N-dealkylation sites (tertiary alicyclic amines) is 1. The summed E-state index contributed by atoms with van der Waals surface area (Å²) in [7, 11) is 4.91. The molecule has 1 saturated heterocycles. The van der Waals surface area contributed by atoms with Crippen molar-refractivity contribution in [2.45, 2.75) is 45.6 Å². The molecule has 6 heteroatoms. The van der Waals surface area contributed by atoms with Crippen LogP contribution in [0.15, 0.2) is 47.1 Å². The Kier molecular flexibility index (Phi) is 7.15. The lowest BCUT2D eigenvalue weighted by atomic mass is 9.97. The number of rotatable bonds is 7. The van der Waals surface area contributed by atoms with Gasteiger partial charge >= 0.3 is 0 Å². The molecule has 34 heavy (non-hydrogen) atoms. The third-order valence-corrected chi connectivity index (χ3v) is 6.74. The maximum absolute atomic E-state index is 13.2. The number of furan rings is 1. The fourth-order valence-corrected chi connectivity index (χ4v) is 4.83. The quantitative estimate of drug-likeness (QED) is 0.384. The number of fused-ring (bicyclic) bond motifs is 1. The van der Waals surface area contributed by atoms with E-state index in [1.54, 1.807) is 33.7 Å². The Labute approximate surface area is 201 Å². The van der Waals surface area contributed by atoms with E-state index in [0.717, 1.165) is 65.0 Å². The van der Waals surface area contributed by atoms with Crippen molar-refractivity contribution in [3.63, 3.8) is 0 Å². The van der Waals surface area contributed by atoms with E-state index >= 15 is 0 Å². The molecular formula is C28H33NO5. The number of methoxy groups -OCH3 is 3. The minimum atomic E-state index is 0.0630. The predicted molar refractivity (Wildman–Crippen MR) is 135 cm³/mol. The third-order valence-electron chi connectivity index (χ3n) is 6.74. The largest absolute Gasteiger partial charge is 0.497 e. The summed E-state index contributed by atoms with van der Waals surface area (Å²) in [5, 5.41) is 0.909. The van der Waals surface area contributed by atoms with E-state index in [9.17, 15) is 4.79 Å². The summed E-state index contributed by atoms with van der Waals surface area (Å²) >= 11 is 0. The SMILES string of the molecule is CCC1CCCCN1C(=O)/C=C(\C)c1cc2c(-c3cc(OC)ccc3OC)coc2cc1OC. The van der Waals surface area contributed by atoms with Gasteiger partial charge in [-0.25, -0.2) is 0 Å². The Hall–Kier alpha value is -3.41. The van der Waals surface area contributed by atoms with Gasteiger partial charge in [0.1, 0.15) is 22.8 Å². The van der Waals surface area contributed by atoms with Gasteiger partial charge in [-0.1, -0.05) is 6.92 Å². The molecule has 0 radical (unpaired) electrons. The van der Waals surface area contributed by atoms with Gasteiger partial charge in [-0.05, 0) is 62.4 Å². The number of ether oxygens (including phenoxy) is 3. The fourth-order valence-electron chi connectivity index (χ4n) is 4.83. The summed E-state index contributed by atoms with van der Waals surface area (Å²) in [4.78, 5) is 15.2. The van der Waals surface area contributed by atoms with Crippen molar-refractivity contribution in [3.05, 3.63) is 48.2 Å². The van der Waals surface area contributed by atoms with Gasteiger partial charge in [-0.2, -0.15) is 0 Å². The maximum Gasteiger partial charge on any atom is 0.247 e. The van der Waals surface area contributed by atoms with E-state index in [4.69, 9.17) is 18.6 Å². The van der Waals surface area contributed by atoms with Crippen LogP contribution in [0.4, 0.5) is 0 Å². The minimum absolute atomic E-state index is 0.0630. The van der Waals surface area contributed by atoms with E-state index in [1.807, 2.05) is 42.2 Å². The molecule has 2 aromatic carbocycles. The van der Waals surface area contributed by atoms with Crippen molar-refractivity contribution < 1.29 is 23.4 Å². The van der Waals surface area contributed by atoms with Gasteiger partial charge < -0.3 is 23.5 Å². The normalized spacial score (nSPS) is 16.6. The molecule has 1 aromatic heterocycles. The number of nitrogens with zero attached hydrogens (tertiary/aromatic N) is 1. The van der Waals surface area contributed by atoms with Crippen molar-refractivity contribution >= 4 is 22.4 Å². The summed E-state index contributed by atoms with van der Waals surface area (Å²) in [5.74, 6) is 2.18. The molecule has 1 unspecified atom stereocenters. The van der Waals surface area contributed by atoms with Gasteiger partial charge in [0.2, 0.25) is 5.91 Å². The molecule has 1 fully saturated rings. The summed E-state index contributed by atoms with van der Waals surface area (Å²) in [6, 6.07) is 9.89. The second-order valence-electron chi connectivity index (χ2n) is 8.68. The van der Waals surface area contributed by atoms with Crippen LogP contribution in [0, 0.1) is 0 Å². The van der Waals surface area contributed by atoms with E-state index in [0.29, 0.717) is 17.4 Å². The Morgan fingerprint density at radius 2 is 1.85 bits per heavy atom. The Bertz CT molecular complexity index is 1210. The number of carbonyl (C=O) groups is 1. The van der Waals surface area contributed by atoms with Crippen LogP contribution in [-0.4, -0.2) is 44.7 Å². The van der Waals surface area contributed by atoms with Crippen LogP contribution in [-0.2, 0) is 4.79 Å². The molecule has 0 bridgehead atoms. The molecule has 3 aromatic rings. The summed E-state index contributed by atoms with van der Waals surface area (Å²) in [6.07, 6.45) is 7.76. The molecule has 2 heterocycles. The average molecular weight is 464 g/mol. The van der Waals surface area contributed by atoms with Gasteiger partial charge in [-0.3, -0.25) is 4.79 Å². The van der Waals surface area contributed by atoms with Crippen molar-refractivity contribution in [1.29, 1.82) is 0 Å². The van der Waals surface area contributed by atoms with Crippen molar-refractivity contribution in [1.82, 2.24) is 4.90 Å². The first kappa shape index (κ1) is 23.7. The third kappa shape index (κ3) is 4.49. The number of carbonyl (C=O) groups excluding carboxylic acids is 1. The predicted octanol–water partition coefficient (Wildman–Crippen LogP) is 6.32. The molecular weight excluding hydrogens is 430 g/mol. The summed E-state index contributed by atoms with van der Waals surface area (Å²) in [6.45, 7) is 4.92. The van der Waals surface area contributed by atoms with Crippen LogP contribution < -0.4 is 14.2 Å². The number of amides is 1. The Morgan fingerprint density at radius 1 is 1.06 bits per heavy atom. The Balaban J connectivity index is 1.78. The zero-order valence-corrected chi connectivity index (χ0v) is 20.6. The molecule has 1 aliphatic rings. The van der Waals surface area contributed by atoms with Gasteiger partial charge in [-0.15, -0.1) is 0 Å². The summed E-state index contributed by atoms with van der Waals surface area (Å²) < 4.78 is 22.6. The lowest BCUT2D eigenvalue weighted by molar-refractivity contribution is -0.129. The highest BCUT2D eigenvalue weighted by Gasteiger charge is 2.24. The van der Waals surface area contributed by atoms with E-state index in [-0.39, 0.29) is 5.91 Å². The van der Waals surface area contributed by atoms with Gasteiger partial charge in [0.05, 0.1) is 27.6 Å². The van der Waals surface area contributed by atoms with Crippen LogP contribution in [0.3, 0.4) is 0 Å². The highest BCUT2D eigenvalue weighted by atomic mass is 16.5. The van der Waals surface area contributed by atoms with Crippen LogP contribution >= 0.6 is 0 Å². The van der Waals surface area contributed by atoms with Gasteiger partial charge in [0.15, 0.2) is 0 Å². The molecule has 1 aliphatic heterocycles. The molecule has 0 aliphatic carbocycles. The summed E-state index contributed by atoms with van der Waals surface area (Å²) in [5.41, 5.74) is 4.16. The highest BCUT2D eigenvalue weighted by Crippen LogP contribution is 2.41. The topological polar surface area (TPSA) is 61.1 Å². The van der Waals surface area contributed by atoms with Crippen molar-refractivity contribution in [3.8, 4) is 28.4 Å². The number of hydrogen-bond donors (Lipinski definition) is 0. The first-order chi connectivity index (χ1) is 16.5. The first-order valence-corrected chi connectivity index (χ1v) is 11.8. The first-order valence-electron chi connectivity index (χ1n) is 11.8. The maximum atomic E-state index is 13.2. The number of allylic oxidation sites excluding steroid dienone is 1. The Morgan fingerprint density at radius 3 is 2.56 bits per heavy atom. The molecule has 180 valence electrons. The molecule has 0 spiro atoms. The number of benzene rings is 2. The van der Waals surface area contributed by atoms with Crippen molar-refractivity contribution in [2.75, 3.05) is 27.9 Å². The van der Waals surface area contributed by atoms with Gasteiger partial charge in [0.25, 0.3) is 0 Å². The molecule has 0 saturated carbocycles. The molecule has 4 rings (SSSR count). The lowest BCUT2D eigenvalue weighted by Gasteiger charge is -2.34. The molecule has 1 amide bonds. The van der Waals surface area contributed by atoms with Crippen LogP contribution in [0.5, 0.6) is 17.2 Å². The lowest BCUT2D eigenvalue weighted by Crippen LogP contribution is -2.42. The fraction of sp³-hybridized carbons (Fsp3) is 0.393.